The molecule has 0 radical (unpaired) electrons. The van der Waals surface area contributed by atoms with Gasteiger partial charge in [-0.25, -0.2) is 0 Å². The summed E-state index contributed by atoms with van der Waals surface area (Å²) in [7, 11) is 0. The van der Waals surface area contributed by atoms with Gasteiger partial charge in [0.1, 0.15) is 0 Å². The number of rotatable bonds is 1. The van der Waals surface area contributed by atoms with Gasteiger partial charge >= 0.3 is 0 Å². The molecule has 0 aliphatic rings. The summed E-state index contributed by atoms with van der Waals surface area (Å²) in [5.74, 6) is 0.567. The summed E-state index contributed by atoms with van der Waals surface area (Å²) in [6, 6.07) is 5.98. The summed E-state index contributed by atoms with van der Waals surface area (Å²) < 4.78 is 2.42. The summed E-state index contributed by atoms with van der Waals surface area (Å²) >= 11 is 9.84. The number of nitrogens with two attached hydrogens (primary N) is 1. The van der Waals surface area contributed by atoms with Crippen molar-refractivity contribution in [2.24, 2.45) is 0 Å². The van der Waals surface area contributed by atoms with Gasteiger partial charge in [0, 0.05) is 24.2 Å². The van der Waals surface area contributed by atoms with Gasteiger partial charge in [-0.05, 0) is 34.7 Å². The zero-order valence-electron chi connectivity index (χ0n) is 6.68. The fourth-order valence-electron chi connectivity index (χ4n) is 1.27. The van der Waals surface area contributed by atoms with Crippen molar-refractivity contribution in [3.05, 3.63) is 26.6 Å². The first-order chi connectivity index (χ1) is 6.24. The quantitative estimate of drug-likeness (QED) is 0.482. The molecule has 2 rings (SSSR count). The Hall–Kier alpha value is -0.000000000000000111. The summed E-state index contributed by atoms with van der Waals surface area (Å²) in [6.07, 6.45) is 0. The number of benzene rings is 1. The molecule has 1 aromatic heterocycles. The molecule has 13 heavy (non-hydrogen) atoms. The highest BCUT2D eigenvalue weighted by atomic mass is 127. The van der Waals surface area contributed by atoms with E-state index in [4.69, 9.17) is 17.3 Å². The molecule has 1 aromatic carbocycles. The first kappa shape index (κ1) is 9.55. The van der Waals surface area contributed by atoms with E-state index in [9.17, 15) is 0 Å². The molecule has 0 bridgehead atoms. The van der Waals surface area contributed by atoms with Gasteiger partial charge in [-0.2, -0.15) is 0 Å². The van der Waals surface area contributed by atoms with E-state index in [0.29, 0.717) is 5.88 Å². The van der Waals surface area contributed by atoms with Crippen LogP contribution in [0.5, 0.6) is 0 Å². The summed E-state index contributed by atoms with van der Waals surface area (Å²) in [6.45, 7) is 0. The molecular formula is C9H7ClINS. The van der Waals surface area contributed by atoms with Gasteiger partial charge in [-0.3, -0.25) is 0 Å². The average molecular weight is 324 g/mol. The maximum absolute atomic E-state index is 5.88. The maximum Gasteiger partial charge on any atom is 0.0579 e. The molecule has 2 aromatic rings. The van der Waals surface area contributed by atoms with E-state index in [1.54, 1.807) is 11.3 Å². The fraction of sp³-hybridized carbons (Fsp3) is 0.111. The molecule has 0 atom stereocenters. The Morgan fingerprint density at radius 3 is 2.85 bits per heavy atom. The van der Waals surface area contributed by atoms with Crippen LogP contribution in [-0.2, 0) is 5.88 Å². The second kappa shape index (κ2) is 3.63. The number of hydrogen-bond donors (Lipinski definition) is 1. The van der Waals surface area contributed by atoms with Crippen molar-refractivity contribution in [2.75, 3.05) is 5.73 Å². The highest BCUT2D eigenvalue weighted by Crippen LogP contribution is 2.36. The Bertz CT molecular complexity index is 452. The first-order valence-electron chi connectivity index (χ1n) is 3.75. The lowest BCUT2D eigenvalue weighted by molar-refractivity contribution is 1.51. The van der Waals surface area contributed by atoms with Crippen molar-refractivity contribution in [3.8, 4) is 0 Å². The van der Waals surface area contributed by atoms with E-state index in [1.807, 2.05) is 12.1 Å². The molecule has 1 heterocycles. The van der Waals surface area contributed by atoms with E-state index in [1.165, 1.54) is 13.1 Å². The van der Waals surface area contributed by atoms with E-state index in [0.717, 1.165) is 11.1 Å². The van der Waals surface area contributed by atoms with Crippen LogP contribution in [0.4, 0.5) is 5.69 Å². The van der Waals surface area contributed by atoms with Crippen LogP contribution in [-0.4, -0.2) is 0 Å². The van der Waals surface area contributed by atoms with Crippen LogP contribution in [0, 0.1) is 3.57 Å². The van der Waals surface area contributed by atoms with Gasteiger partial charge in [0.05, 0.1) is 5.88 Å². The lowest BCUT2D eigenvalue weighted by atomic mass is 10.2. The van der Waals surface area contributed by atoms with Crippen molar-refractivity contribution in [2.45, 2.75) is 5.88 Å². The van der Waals surface area contributed by atoms with Crippen LogP contribution >= 0.6 is 45.5 Å². The highest BCUT2D eigenvalue weighted by Gasteiger charge is 2.10. The SMILES string of the molecule is Nc1cccc2sc(CCl)c(I)c12. The third kappa shape index (κ3) is 1.53. The van der Waals surface area contributed by atoms with Crippen LogP contribution in [0.25, 0.3) is 10.1 Å². The van der Waals surface area contributed by atoms with Crippen molar-refractivity contribution < 1.29 is 0 Å². The molecule has 0 spiro atoms. The average Bonchev–Trinajstić information content (AvgIpc) is 2.44. The Morgan fingerprint density at radius 2 is 2.23 bits per heavy atom. The predicted molar refractivity (Wildman–Crippen MR) is 68.5 cm³/mol. The monoisotopic (exact) mass is 323 g/mol. The summed E-state index contributed by atoms with van der Waals surface area (Å²) in [5, 5.41) is 1.16. The van der Waals surface area contributed by atoms with Gasteiger partial charge in [-0.1, -0.05) is 6.07 Å². The minimum atomic E-state index is 0.567. The summed E-state index contributed by atoms with van der Waals surface area (Å²) in [4.78, 5) is 1.20. The minimum Gasteiger partial charge on any atom is -0.398 e. The Kier molecular flexibility index (Phi) is 2.67. The van der Waals surface area contributed by atoms with E-state index >= 15 is 0 Å². The number of anilines is 1. The molecule has 0 fully saturated rings. The number of nitrogen functional groups attached to an aromatic ring is 1. The number of alkyl halides is 1. The van der Waals surface area contributed by atoms with Crippen LogP contribution in [0.3, 0.4) is 0 Å². The van der Waals surface area contributed by atoms with Crippen LogP contribution in [0.1, 0.15) is 4.88 Å². The zero-order chi connectivity index (χ0) is 9.42. The van der Waals surface area contributed by atoms with Crippen LogP contribution in [0.15, 0.2) is 18.2 Å². The second-order valence-electron chi connectivity index (χ2n) is 2.69. The molecule has 0 aliphatic carbocycles. The van der Waals surface area contributed by atoms with E-state index < -0.39 is 0 Å². The molecule has 1 nitrogen and oxygen atoms in total. The second-order valence-corrected chi connectivity index (χ2v) is 5.18. The van der Waals surface area contributed by atoms with Gasteiger partial charge < -0.3 is 5.73 Å². The lowest BCUT2D eigenvalue weighted by Gasteiger charge is -1.95. The first-order valence-corrected chi connectivity index (χ1v) is 6.18. The van der Waals surface area contributed by atoms with E-state index in [2.05, 4.69) is 28.7 Å². The highest BCUT2D eigenvalue weighted by molar-refractivity contribution is 14.1. The number of fused-ring (bicyclic) bond motifs is 1. The number of hydrogen-bond acceptors (Lipinski definition) is 2. The van der Waals surface area contributed by atoms with E-state index in [-0.39, 0.29) is 0 Å². The van der Waals surface area contributed by atoms with Crippen molar-refractivity contribution in [1.29, 1.82) is 0 Å². The summed E-state index contributed by atoms with van der Waals surface area (Å²) in [5.41, 5.74) is 6.73. The third-order valence-electron chi connectivity index (χ3n) is 1.88. The third-order valence-corrected chi connectivity index (χ3v) is 5.01. The molecule has 0 aliphatic heterocycles. The fourth-order valence-corrected chi connectivity index (χ4v) is 4.08. The predicted octanol–water partition coefficient (Wildman–Crippen LogP) is 3.83. The molecule has 0 saturated carbocycles. The Balaban J connectivity index is 2.85. The molecule has 4 heteroatoms. The Morgan fingerprint density at radius 1 is 1.46 bits per heavy atom. The molecule has 2 N–H and O–H groups in total. The number of halogens is 2. The Labute approximate surface area is 99.0 Å². The smallest absolute Gasteiger partial charge is 0.0579 e. The van der Waals surface area contributed by atoms with Crippen molar-refractivity contribution in [3.63, 3.8) is 0 Å². The number of thiophene rings is 1. The zero-order valence-corrected chi connectivity index (χ0v) is 10.4. The lowest BCUT2D eigenvalue weighted by Crippen LogP contribution is -1.85. The molecule has 0 unspecified atom stereocenters. The van der Waals surface area contributed by atoms with Gasteiger partial charge in [0.2, 0.25) is 0 Å². The topological polar surface area (TPSA) is 26.0 Å². The standard InChI is InChI=1S/C9H7ClINS/c10-4-7-9(11)8-5(12)2-1-3-6(8)13-7/h1-3H,4,12H2. The van der Waals surface area contributed by atoms with Gasteiger partial charge in [-0.15, -0.1) is 22.9 Å². The van der Waals surface area contributed by atoms with Gasteiger partial charge in [0.25, 0.3) is 0 Å². The normalized spacial score (nSPS) is 10.9. The minimum absolute atomic E-state index is 0.567. The van der Waals surface area contributed by atoms with Crippen molar-refractivity contribution >= 4 is 61.3 Å². The van der Waals surface area contributed by atoms with Crippen LogP contribution in [0.2, 0.25) is 0 Å². The maximum atomic E-state index is 5.88. The van der Waals surface area contributed by atoms with Crippen LogP contribution < -0.4 is 5.73 Å². The molecule has 0 saturated heterocycles. The van der Waals surface area contributed by atoms with Crippen molar-refractivity contribution in [1.82, 2.24) is 0 Å². The molecular weight excluding hydrogens is 317 g/mol. The largest absolute Gasteiger partial charge is 0.398 e. The van der Waals surface area contributed by atoms with Gasteiger partial charge in [0.15, 0.2) is 0 Å². The molecule has 68 valence electrons. The molecule has 0 amide bonds.